The number of nitro groups is 1. The SMILES string of the molecule is O=[N+]([O-])c1cc(Br)ccc1/C=C/CCl. The highest BCUT2D eigenvalue weighted by atomic mass is 79.9. The van der Waals surface area contributed by atoms with E-state index in [1.807, 2.05) is 0 Å². The highest BCUT2D eigenvalue weighted by Gasteiger charge is 2.11. The molecule has 0 heterocycles. The molecular weight excluding hydrogens is 269 g/mol. The summed E-state index contributed by atoms with van der Waals surface area (Å²) in [4.78, 5) is 10.2. The van der Waals surface area contributed by atoms with Gasteiger partial charge >= 0.3 is 0 Å². The number of nitrogens with zero attached hydrogens (tertiary/aromatic N) is 1. The number of rotatable bonds is 3. The molecule has 3 nitrogen and oxygen atoms in total. The van der Waals surface area contributed by atoms with Crippen molar-refractivity contribution in [3.05, 3.63) is 44.4 Å². The predicted molar refractivity (Wildman–Crippen MR) is 60.6 cm³/mol. The maximum Gasteiger partial charge on any atom is 0.277 e. The number of halogens is 2. The van der Waals surface area contributed by atoms with Crippen molar-refractivity contribution in [3.63, 3.8) is 0 Å². The summed E-state index contributed by atoms with van der Waals surface area (Å²) in [5.74, 6) is 0.340. The molecule has 5 heteroatoms. The van der Waals surface area contributed by atoms with Gasteiger partial charge < -0.3 is 0 Å². The fraction of sp³-hybridized carbons (Fsp3) is 0.111. The summed E-state index contributed by atoms with van der Waals surface area (Å²) in [6, 6.07) is 4.89. The second-order valence-corrected chi connectivity index (χ2v) is 3.74. The summed E-state index contributed by atoms with van der Waals surface area (Å²) in [6.07, 6.45) is 3.30. The molecule has 0 aliphatic heterocycles. The Labute approximate surface area is 94.7 Å². The summed E-state index contributed by atoms with van der Waals surface area (Å²) in [6.45, 7) is 0. The van der Waals surface area contributed by atoms with Gasteiger partial charge in [-0.15, -0.1) is 11.6 Å². The van der Waals surface area contributed by atoms with Gasteiger partial charge in [-0.2, -0.15) is 0 Å². The minimum atomic E-state index is -0.418. The summed E-state index contributed by atoms with van der Waals surface area (Å²) in [5, 5.41) is 10.7. The van der Waals surface area contributed by atoms with Crippen LogP contribution in [-0.4, -0.2) is 10.8 Å². The molecular formula is C9H7BrClNO2. The van der Waals surface area contributed by atoms with Gasteiger partial charge in [0.2, 0.25) is 0 Å². The third-order valence-electron chi connectivity index (χ3n) is 1.58. The van der Waals surface area contributed by atoms with Gasteiger partial charge in [-0.3, -0.25) is 10.1 Å². The zero-order valence-corrected chi connectivity index (χ0v) is 9.46. The second kappa shape index (κ2) is 5.12. The Morgan fingerprint density at radius 3 is 2.86 bits per heavy atom. The number of nitro benzene ring substituents is 1. The molecule has 0 aliphatic rings. The summed E-state index contributed by atoms with van der Waals surface area (Å²) in [5.41, 5.74) is 0.625. The van der Waals surface area contributed by atoms with Crippen molar-refractivity contribution in [2.45, 2.75) is 0 Å². The predicted octanol–water partition coefficient (Wildman–Crippen LogP) is 3.61. The first-order valence-electron chi connectivity index (χ1n) is 3.81. The molecule has 74 valence electrons. The second-order valence-electron chi connectivity index (χ2n) is 2.52. The molecule has 1 aromatic rings. The highest BCUT2D eigenvalue weighted by Crippen LogP contribution is 2.24. The number of hydrogen-bond acceptors (Lipinski definition) is 2. The van der Waals surface area contributed by atoms with Crippen LogP contribution in [0.1, 0.15) is 5.56 Å². The Hall–Kier alpha value is -0.870. The third-order valence-corrected chi connectivity index (χ3v) is 2.25. The van der Waals surface area contributed by atoms with Gasteiger partial charge in [-0.1, -0.05) is 28.1 Å². The Morgan fingerprint density at radius 1 is 1.57 bits per heavy atom. The van der Waals surface area contributed by atoms with Crippen LogP contribution in [0.15, 0.2) is 28.7 Å². The van der Waals surface area contributed by atoms with Crippen LogP contribution in [0.3, 0.4) is 0 Å². The monoisotopic (exact) mass is 275 g/mol. The average molecular weight is 277 g/mol. The van der Waals surface area contributed by atoms with Gasteiger partial charge in [0.15, 0.2) is 0 Å². The summed E-state index contributed by atoms with van der Waals surface area (Å²) < 4.78 is 0.687. The van der Waals surface area contributed by atoms with E-state index in [2.05, 4.69) is 15.9 Å². The number of allylic oxidation sites excluding steroid dienone is 1. The fourth-order valence-electron chi connectivity index (χ4n) is 0.987. The lowest BCUT2D eigenvalue weighted by molar-refractivity contribution is -0.385. The first-order valence-corrected chi connectivity index (χ1v) is 5.14. The smallest absolute Gasteiger partial charge is 0.258 e. The van der Waals surface area contributed by atoms with Crippen LogP contribution < -0.4 is 0 Å². The fourth-order valence-corrected chi connectivity index (χ4v) is 1.43. The van der Waals surface area contributed by atoms with E-state index in [1.165, 1.54) is 6.07 Å². The van der Waals surface area contributed by atoms with Crippen molar-refractivity contribution in [1.29, 1.82) is 0 Å². The first-order chi connectivity index (χ1) is 6.65. The van der Waals surface area contributed by atoms with Gasteiger partial charge in [0.05, 0.1) is 10.5 Å². The van der Waals surface area contributed by atoms with Crippen LogP contribution in [0.2, 0.25) is 0 Å². The van der Waals surface area contributed by atoms with E-state index >= 15 is 0 Å². The molecule has 0 atom stereocenters. The largest absolute Gasteiger partial charge is 0.277 e. The highest BCUT2D eigenvalue weighted by molar-refractivity contribution is 9.10. The molecule has 0 fully saturated rings. The van der Waals surface area contributed by atoms with E-state index in [0.717, 1.165) is 0 Å². The Bertz CT molecular complexity index is 379. The molecule has 0 saturated carbocycles. The van der Waals surface area contributed by atoms with Crippen molar-refractivity contribution in [3.8, 4) is 0 Å². The van der Waals surface area contributed by atoms with Crippen LogP contribution in [-0.2, 0) is 0 Å². The molecule has 0 N–H and O–H groups in total. The van der Waals surface area contributed by atoms with Gasteiger partial charge in [-0.05, 0) is 12.1 Å². The third kappa shape index (κ3) is 2.82. The minimum Gasteiger partial charge on any atom is -0.258 e. The first kappa shape index (κ1) is 11.2. The number of hydrogen-bond donors (Lipinski definition) is 0. The van der Waals surface area contributed by atoms with E-state index in [1.54, 1.807) is 24.3 Å². The van der Waals surface area contributed by atoms with E-state index in [-0.39, 0.29) is 5.69 Å². The van der Waals surface area contributed by atoms with Crippen LogP contribution in [0, 0.1) is 10.1 Å². The van der Waals surface area contributed by atoms with E-state index in [9.17, 15) is 10.1 Å². The lowest BCUT2D eigenvalue weighted by Crippen LogP contribution is -1.91. The van der Waals surface area contributed by atoms with E-state index in [4.69, 9.17) is 11.6 Å². The molecule has 1 rings (SSSR count). The number of alkyl halides is 1. The van der Waals surface area contributed by atoms with Crippen LogP contribution in [0.4, 0.5) is 5.69 Å². The molecule has 0 saturated heterocycles. The van der Waals surface area contributed by atoms with Gasteiger partial charge in [0, 0.05) is 16.4 Å². The van der Waals surface area contributed by atoms with Gasteiger partial charge in [-0.25, -0.2) is 0 Å². The lowest BCUT2D eigenvalue weighted by Gasteiger charge is -1.97. The standard InChI is InChI=1S/C9H7BrClNO2/c10-8-4-3-7(2-1-5-11)9(6-8)12(13)14/h1-4,6H,5H2/b2-1+. The molecule has 14 heavy (non-hydrogen) atoms. The minimum absolute atomic E-state index is 0.0701. The van der Waals surface area contributed by atoms with Gasteiger partial charge in [0.25, 0.3) is 5.69 Å². The summed E-state index contributed by atoms with van der Waals surface area (Å²) >= 11 is 8.63. The molecule has 0 amide bonds. The van der Waals surface area contributed by atoms with E-state index in [0.29, 0.717) is 15.9 Å². The molecule has 1 aromatic carbocycles. The lowest BCUT2D eigenvalue weighted by atomic mass is 10.2. The maximum atomic E-state index is 10.7. The van der Waals surface area contributed by atoms with E-state index < -0.39 is 4.92 Å². The quantitative estimate of drug-likeness (QED) is 0.481. The van der Waals surface area contributed by atoms with Crippen LogP contribution in [0.25, 0.3) is 6.08 Å². The molecule has 0 bridgehead atoms. The maximum absolute atomic E-state index is 10.7. The van der Waals surface area contributed by atoms with Crippen molar-refractivity contribution < 1.29 is 4.92 Å². The molecule has 0 aromatic heterocycles. The summed E-state index contributed by atoms with van der Waals surface area (Å²) in [7, 11) is 0. The normalized spacial score (nSPS) is 10.7. The van der Waals surface area contributed by atoms with Crippen molar-refractivity contribution in [2.24, 2.45) is 0 Å². The molecule has 0 unspecified atom stereocenters. The Balaban J connectivity index is 3.15. The Morgan fingerprint density at radius 2 is 2.29 bits per heavy atom. The van der Waals surface area contributed by atoms with Crippen LogP contribution in [0.5, 0.6) is 0 Å². The Kier molecular flexibility index (Phi) is 4.10. The molecule has 0 spiro atoms. The molecule has 0 radical (unpaired) electrons. The molecule has 0 aliphatic carbocycles. The van der Waals surface area contributed by atoms with Crippen LogP contribution >= 0.6 is 27.5 Å². The zero-order chi connectivity index (χ0) is 10.6. The number of benzene rings is 1. The van der Waals surface area contributed by atoms with Crippen molar-refractivity contribution in [1.82, 2.24) is 0 Å². The van der Waals surface area contributed by atoms with Crippen molar-refractivity contribution >= 4 is 39.3 Å². The average Bonchev–Trinajstić information content (AvgIpc) is 2.15. The van der Waals surface area contributed by atoms with Crippen molar-refractivity contribution in [2.75, 3.05) is 5.88 Å². The zero-order valence-electron chi connectivity index (χ0n) is 7.11. The topological polar surface area (TPSA) is 43.1 Å². The van der Waals surface area contributed by atoms with Gasteiger partial charge in [0.1, 0.15) is 0 Å².